The van der Waals surface area contributed by atoms with Gasteiger partial charge in [0.1, 0.15) is 5.58 Å². The van der Waals surface area contributed by atoms with Gasteiger partial charge in [0.05, 0.1) is 21.9 Å². The Bertz CT molecular complexity index is 1430. The molecule has 1 aliphatic heterocycles. The number of rotatable bonds is 3. The van der Waals surface area contributed by atoms with Crippen LogP contribution in [0.5, 0.6) is 0 Å². The molecule has 3 aromatic carbocycles. The van der Waals surface area contributed by atoms with Crippen LogP contribution in [0.4, 0.5) is 11.4 Å². The minimum absolute atomic E-state index is 0.0213. The molecule has 1 aromatic heterocycles. The Morgan fingerprint density at radius 1 is 0.968 bits per heavy atom. The molecule has 0 aliphatic carbocycles. The molecule has 1 aliphatic rings. The van der Waals surface area contributed by atoms with Crippen molar-refractivity contribution in [1.82, 2.24) is 0 Å². The van der Waals surface area contributed by atoms with Gasteiger partial charge < -0.3 is 4.42 Å². The number of non-ortho nitro benzene ring substituents is 1. The number of amides is 1. The fourth-order valence-electron chi connectivity index (χ4n) is 3.91. The Labute approximate surface area is 183 Å². The number of hydrogen-bond acceptors (Lipinski definition) is 5. The van der Waals surface area contributed by atoms with Crippen LogP contribution in [0.25, 0.3) is 11.0 Å². The highest BCUT2D eigenvalue weighted by molar-refractivity contribution is 9.10. The highest BCUT2D eigenvalue weighted by Crippen LogP contribution is 2.42. The molecule has 0 spiro atoms. The standard InChI is InChI=1S/C23H13BrN2O5/c24-14-4-3-5-16(12-14)25-20(13-8-10-15(11-9-13)26(29)30)19-21(27)17-6-1-2-7-18(17)31-22(19)23(25)28/h1-12,20H/t20-/m0/s1. The van der Waals surface area contributed by atoms with Crippen LogP contribution >= 0.6 is 15.9 Å². The highest BCUT2D eigenvalue weighted by atomic mass is 79.9. The van der Waals surface area contributed by atoms with E-state index >= 15 is 0 Å². The number of anilines is 1. The van der Waals surface area contributed by atoms with Gasteiger partial charge in [0.15, 0.2) is 5.43 Å². The number of carbonyl (C=O) groups is 1. The first kappa shape index (κ1) is 19.2. The first-order chi connectivity index (χ1) is 15.0. The van der Waals surface area contributed by atoms with Crippen LogP contribution in [0, 0.1) is 10.1 Å². The predicted octanol–water partition coefficient (Wildman–Crippen LogP) is 5.21. The Kier molecular flexibility index (Phi) is 4.44. The van der Waals surface area contributed by atoms with E-state index in [0.717, 1.165) is 4.47 Å². The van der Waals surface area contributed by atoms with Gasteiger partial charge >= 0.3 is 0 Å². The largest absolute Gasteiger partial charge is 0.450 e. The zero-order valence-electron chi connectivity index (χ0n) is 15.8. The summed E-state index contributed by atoms with van der Waals surface area (Å²) in [5.74, 6) is -0.466. The molecule has 7 nitrogen and oxygen atoms in total. The minimum Gasteiger partial charge on any atom is -0.450 e. The van der Waals surface area contributed by atoms with Crippen molar-refractivity contribution in [3.8, 4) is 0 Å². The maximum Gasteiger partial charge on any atom is 0.295 e. The second-order valence-corrected chi connectivity index (χ2v) is 7.99. The van der Waals surface area contributed by atoms with E-state index in [4.69, 9.17) is 4.42 Å². The van der Waals surface area contributed by atoms with Gasteiger partial charge in [0.2, 0.25) is 5.76 Å². The molecule has 1 atom stereocenters. The van der Waals surface area contributed by atoms with Gasteiger partial charge in [-0.25, -0.2) is 0 Å². The average molecular weight is 477 g/mol. The van der Waals surface area contributed by atoms with Gasteiger partial charge in [-0.05, 0) is 48.0 Å². The molecule has 1 amide bonds. The second-order valence-electron chi connectivity index (χ2n) is 7.08. The van der Waals surface area contributed by atoms with E-state index in [1.165, 1.54) is 17.0 Å². The van der Waals surface area contributed by atoms with Crippen molar-refractivity contribution >= 4 is 44.2 Å². The Morgan fingerprint density at radius 2 is 1.71 bits per heavy atom. The van der Waals surface area contributed by atoms with Crippen molar-refractivity contribution in [2.24, 2.45) is 0 Å². The number of nitrogens with zero attached hydrogens (tertiary/aromatic N) is 2. The van der Waals surface area contributed by atoms with Gasteiger partial charge in [-0.1, -0.05) is 34.1 Å². The molecule has 0 radical (unpaired) electrons. The number of benzene rings is 3. The van der Waals surface area contributed by atoms with Crippen LogP contribution < -0.4 is 10.3 Å². The molecule has 4 aromatic rings. The molecular weight excluding hydrogens is 464 g/mol. The van der Waals surface area contributed by atoms with Crippen LogP contribution in [-0.2, 0) is 0 Å². The first-order valence-corrected chi connectivity index (χ1v) is 10.1. The van der Waals surface area contributed by atoms with E-state index in [-0.39, 0.29) is 22.4 Å². The van der Waals surface area contributed by atoms with Crippen molar-refractivity contribution in [1.29, 1.82) is 0 Å². The summed E-state index contributed by atoms with van der Waals surface area (Å²) in [5, 5.41) is 11.5. The third-order valence-electron chi connectivity index (χ3n) is 5.28. The average Bonchev–Trinajstić information content (AvgIpc) is 3.06. The third kappa shape index (κ3) is 3.03. The summed E-state index contributed by atoms with van der Waals surface area (Å²) in [4.78, 5) is 38.9. The van der Waals surface area contributed by atoms with Crippen molar-refractivity contribution in [2.45, 2.75) is 6.04 Å². The van der Waals surface area contributed by atoms with Crippen LogP contribution in [-0.4, -0.2) is 10.8 Å². The van der Waals surface area contributed by atoms with E-state index in [2.05, 4.69) is 15.9 Å². The van der Waals surface area contributed by atoms with E-state index in [0.29, 0.717) is 22.2 Å². The first-order valence-electron chi connectivity index (χ1n) is 9.35. The molecule has 152 valence electrons. The summed E-state index contributed by atoms with van der Waals surface area (Å²) in [6, 6.07) is 19.0. The predicted molar refractivity (Wildman–Crippen MR) is 118 cm³/mol. The summed E-state index contributed by atoms with van der Waals surface area (Å²) in [6.45, 7) is 0. The zero-order valence-corrected chi connectivity index (χ0v) is 17.4. The van der Waals surface area contributed by atoms with Crippen LogP contribution in [0.3, 0.4) is 0 Å². The Hall–Kier alpha value is -3.78. The number of para-hydroxylation sites is 1. The normalized spacial score (nSPS) is 15.3. The van der Waals surface area contributed by atoms with Crippen LogP contribution in [0.2, 0.25) is 0 Å². The van der Waals surface area contributed by atoms with E-state index < -0.39 is 16.9 Å². The molecular formula is C23H13BrN2O5. The lowest BCUT2D eigenvalue weighted by Gasteiger charge is -2.25. The number of fused-ring (bicyclic) bond motifs is 2. The lowest BCUT2D eigenvalue weighted by Crippen LogP contribution is -2.29. The summed E-state index contributed by atoms with van der Waals surface area (Å²) >= 11 is 3.42. The van der Waals surface area contributed by atoms with Gasteiger partial charge in [0, 0.05) is 22.3 Å². The number of halogens is 1. The number of carbonyl (C=O) groups excluding carboxylic acids is 1. The topological polar surface area (TPSA) is 93.7 Å². The zero-order chi connectivity index (χ0) is 21.7. The molecule has 0 saturated carbocycles. The van der Waals surface area contributed by atoms with Crippen molar-refractivity contribution < 1.29 is 14.1 Å². The highest BCUT2D eigenvalue weighted by Gasteiger charge is 2.43. The van der Waals surface area contributed by atoms with E-state index in [1.807, 2.05) is 6.07 Å². The lowest BCUT2D eigenvalue weighted by atomic mass is 9.98. The maximum atomic E-state index is 13.4. The van der Waals surface area contributed by atoms with Gasteiger partial charge in [-0.3, -0.25) is 24.6 Å². The van der Waals surface area contributed by atoms with Crippen molar-refractivity contribution in [3.63, 3.8) is 0 Å². The molecule has 0 saturated heterocycles. The number of nitro groups is 1. The van der Waals surface area contributed by atoms with E-state index in [1.54, 1.807) is 54.6 Å². The van der Waals surface area contributed by atoms with Crippen LogP contribution in [0.1, 0.15) is 27.7 Å². The van der Waals surface area contributed by atoms with Gasteiger partial charge in [-0.2, -0.15) is 0 Å². The fourth-order valence-corrected chi connectivity index (χ4v) is 4.29. The van der Waals surface area contributed by atoms with Gasteiger partial charge in [0.25, 0.3) is 11.6 Å². The lowest BCUT2D eigenvalue weighted by molar-refractivity contribution is -0.384. The smallest absolute Gasteiger partial charge is 0.295 e. The third-order valence-corrected chi connectivity index (χ3v) is 5.78. The molecule has 0 N–H and O–H groups in total. The molecule has 5 rings (SSSR count). The molecule has 0 unspecified atom stereocenters. The molecule has 0 bridgehead atoms. The second kappa shape index (κ2) is 7.17. The Balaban J connectivity index is 1.79. The number of nitro benzene ring substituents is 1. The SMILES string of the molecule is O=C1c2oc3ccccc3c(=O)c2[C@H](c2ccc([N+](=O)[O-])cc2)N1c1cccc(Br)c1. The van der Waals surface area contributed by atoms with Gasteiger partial charge in [-0.15, -0.1) is 0 Å². The fraction of sp³-hybridized carbons (Fsp3) is 0.0435. The molecule has 31 heavy (non-hydrogen) atoms. The summed E-state index contributed by atoms with van der Waals surface area (Å²) in [6.07, 6.45) is 0. The van der Waals surface area contributed by atoms with Crippen molar-refractivity contribution in [3.05, 3.63) is 114 Å². The quantitative estimate of drug-likeness (QED) is 0.298. The van der Waals surface area contributed by atoms with Crippen molar-refractivity contribution in [2.75, 3.05) is 4.90 Å². The maximum absolute atomic E-state index is 13.4. The molecule has 8 heteroatoms. The monoisotopic (exact) mass is 476 g/mol. The summed E-state index contributed by atoms with van der Waals surface area (Å²) < 4.78 is 6.65. The summed E-state index contributed by atoms with van der Waals surface area (Å²) in [7, 11) is 0. The Morgan fingerprint density at radius 3 is 2.42 bits per heavy atom. The van der Waals surface area contributed by atoms with Crippen LogP contribution in [0.15, 0.2) is 86.5 Å². The number of hydrogen-bond donors (Lipinski definition) is 0. The minimum atomic E-state index is -0.779. The molecule has 2 heterocycles. The van der Waals surface area contributed by atoms with E-state index in [9.17, 15) is 19.7 Å². The summed E-state index contributed by atoms with van der Waals surface area (Å²) in [5.41, 5.74) is 1.31. The molecule has 0 fully saturated rings.